The molecule has 0 aliphatic heterocycles. The van der Waals surface area contributed by atoms with Crippen molar-refractivity contribution >= 4 is 34.9 Å². The highest BCUT2D eigenvalue weighted by molar-refractivity contribution is 7.15. The molecule has 3 aromatic rings. The molecule has 0 unspecified atom stereocenters. The van der Waals surface area contributed by atoms with E-state index in [4.69, 9.17) is 5.11 Å². The maximum absolute atomic E-state index is 14.3. The highest BCUT2D eigenvalue weighted by atomic mass is 32.1. The summed E-state index contributed by atoms with van der Waals surface area (Å²) in [5.41, 5.74) is 0.0496. The van der Waals surface area contributed by atoms with E-state index in [0.717, 1.165) is 23.7 Å². The molecular formula is C16H13FN4O5S2. The molecule has 1 amide bonds. The fraction of sp³-hybridized carbons (Fsp3) is 0.188. The third kappa shape index (κ3) is 3.92. The molecule has 0 aliphatic rings. The Morgan fingerprint density at radius 2 is 2.07 bits per heavy atom. The van der Waals surface area contributed by atoms with Gasteiger partial charge >= 0.3 is 12.1 Å². The van der Waals surface area contributed by atoms with Crippen LogP contribution in [0.15, 0.2) is 12.1 Å². The molecule has 146 valence electrons. The molecule has 2 heterocycles. The number of aromatic hydroxyl groups is 1. The Morgan fingerprint density at radius 3 is 2.75 bits per heavy atom. The van der Waals surface area contributed by atoms with Gasteiger partial charge in [0.15, 0.2) is 5.82 Å². The van der Waals surface area contributed by atoms with E-state index in [1.54, 1.807) is 6.92 Å². The lowest BCUT2D eigenvalue weighted by molar-refractivity contribution is 0.0693. The van der Waals surface area contributed by atoms with Crippen LogP contribution in [-0.2, 0) is 11.3 Å². The third-order valence-electron chi connectivity index (χ3n) is 3.59. The summed E-state index contributed by atoms with van der Waals surface area (Å²) in [6.07, 6.45) is -0.580. The lowest BCUT2D eigenvalue weighted by Crippen LogP contribution is -2.22. The van der Waals surface area contributed by atoms with E-state index in [-0.39, 0.29) is 17.1 Å². The van der Waals surface area contributed by atoms with Crippen LogP contribution >= 0.6 is 22.9 Å². The predicted molar refractivity (Wildman–Crippen MR) is 99.0 cm³/mol. The molecule has 0 radical (unpaired) electrons. The van der Waals surface area contributed by atoms with Gasteiger partial charge in [-0.1, -0.05) is 0 Å². The molecule has 3 N–H and O–H groups in total. The molecule has 0 fully saturated rings. The number of carbonyl (C=O) groups excluding carboxylic acids is 1. The van der Waals surface area contributed by atoms with Gasteiger partial charge in [-0.3, -0.25) is 0 Å². The lowest BCUT2D eigenvalue weighted by Gasteiger charge is -2.03. The van der Waals surface area contributed by atoms with Crippen LogP contribution in [0, 0.1) is 12.7 Å². The van der Waals surface area contributed by atoms with Gasteiger partial charge in [-0.25, -0.2) is 23.9 Å². The Kier molecular flexibility index (Phi) is 5.51. The van der Waals surface area contributed by atoms with Crippen LogP contribution in [0.4, 0.5) is 9.18 Å². The number of aryl methyl sites for hydroxylation is 1. The quantitative estimate of drug-likeness (QED) is 0.569. The van der Waals surface area contributed by atoms with Crippen molar-refractivity contribution in [2.45, 2.75) is 13.5 Å². The van der Waals surface area contributed by atoms with E-state index in [9.17, 15) is 19.1 Å². The fourth-order valence-corrected chi connectivity index (χ4v) is 3.96. The maximum atomic E-state index is 14.3. The first-order valence-corrected chi connectivity index (χ1v) is 9.27. The van der Waals surface area contributed by atoms with Crippen molar-refractivity contribution < 1.29 is 28.9 Å². The molecule has 1 aromatic carbocycles. The average Bonchev–Trinajstić information content (AvgIpc) is 3.27. The molecule has 2 aromatic heterocycles. The van der Waals surface area contributed by atoms with E-state index in [1.165, 1.54) is 18.4 Å². The van der Waals surface area contributed by atoms with Crippen LogP contribution in [0.1, 0.15) is 21.1 Å². The normalized spacial score (nSPS) is 10.7. The van der Waals surface area contributed by atoms with Crippen molar-refractivity contribution in [1.82, 2.24) is 19.7 Å². The average molecular weight is 424 g/mol. The number of nitrogens with zero attached hydrogens (tertiary/aromatic N) is 3. The molecule has 0 spiro atoms. The van der Waals surface area contributed by atoms with Crippen LogP contribution in [0.2, 0.25) is 0 Å². The highest BCUT2D eigenvalue weighted by Crippen LogP contribution is 2.34. The standard InChI is InChI=1S/C16H13FN4O5S2/c1-6-12(27-11(19-6)5-18-16(25)26-2)13-20-14(28-21-13)7-4-10(22)8(15(23)24)3-9(7)17/h3-4,22H,5H2,1-2H3,(H,18,25)(H,23,24). The highest BCUT2D eigenvalue weighted by Gasteiger charge is 2.20. The summed E-state index contributed by atoms with van der Waals surface area (Å²) >= 11 is 2.17. The van der Waals surface area contributed by atoms with Crippen LogP contribution < -0.4 is 5.32 Å². The van der Waals surface area contributed by atoms with E-state index >= 15 is 0 Å². The smallest absolute Gasteiger partial charge is 0.407 e. The molecule has 0 bridgehead atoms. The van der Waals surface area contributed by atoms with E-state index < -0.39 is 29.2 Å². The molecule has 0 aliphatic carbocycles. The van der Waals surface area contributed by atoms with Gasteiger partial charge in [0.1, 0.15) is 27.1 Å². The minimum Gasteiger partial charge on any atom is -0.507 e. The van der Waals surface area contributed by atoms with E-state index in [1.807, 2.05) is 0 Å². The van der Waals surface area contributed by atoms with Gasteiger partial charge in [0, 0.05) is 0 Å². The number of hydrogen-bond donors (Lipinski definition) is 3. The topological polar surface area (TPSA) is 135 Å². The van der Waals surface area contributed by atoms with Gasteiger partial charge in [0.05, 0.1) is 29.8 Å². The minimum atomic E-state index is -1.44. The summed E-state index contributed by atoms with van der Waals surface area (Å²) < 4.78 is 23.0. The number of carbonyl (C=O) groups is 2. The number of halogens is 1. The van der Waals surface area contributed by atoms with Crippen molar-refractivity contribution in [3.63, 3.8) is 0 Å². The van der Waals surface area contributed by atoms with Gasteiger partial charge in [-0.2, -0.15) is 4.37 Å². The number of ether oxygens (including phenoxy) is 1. The zero-order valence-electron chi connectivity index (χ0n) is 14.5. The van der Waals surface area contributed by atoms with Crippen molar-refractivity contribution in [3.05, 3.63) is 34.2 Å². The summed E-state index contributed by atoms with van der Waals surface area (Å²) in [4.78, 5) is 31.4. The largest absolute Gasteiger partial charge is 0.507 e. The lowest BCUT2D eigenvalue weighted by atomic mass is 10.1. The van der Waals surface area contributed by atoms with Crippen LogP contribution in [0.25, 0.3) is 21.3 Å². The molecule has 0 saturated carbocycles. The minimum absolute atomic E-state index is 0.0546. The zero-order chi connectivity index (χ0) is 20.4. The first-order chi connectivity index (χ1) is 13.3. The van der Waals surface area contributed by atoms with Crippen LogP contribution in [-0.4, -0.2) is 43.7 Å². The van der Waals surface area contributed by atoms with Crippen LogP contribution in [0.3, 0.4) is 0 Å². The summed E-state index contributed by atoms with van der Waals surface area (Å²) in [6, 6.07) is 1.75. The van der Waals surface area contributed by atoms with Gasteiger partial charge < -0.3 is 20.3 Å². The number of phenols is 1. The second kappa shape index (κ2) is 7.86. The second-order valence-electron chi connectivity index (χ2n) is 5.44. The number of alkyl carbamates (subject to hydrolysis) is 1. The Labute approximate surface area is 165 Å². The predicted octanol–water partition coefficient (Wildman–Crippen LogP) is 3.04. The van der Waals surface area contributed by atoms with E-state index in [0.29, 0.717) is 21.4 Å². The first-order valence-electron chi connectivity index (χ1n) is 7.68. The Morgan fingerprint density at radius 1 is 1.32 bits per heavy atom. The Hall–Kier alpha value is -3.12. The summed E-state index contributed by atoms with van der Waals surface area (Å²) in [6.45, 7) is 1.93. The molecule has 0 saturated heterocycles. The molecule has 28 heavy (non-hydrogen) atoms. The number of amides is 1. The summed E-state index contributed by atoms with van der Waals surface area (Å²) in [7, 11) is 1.26. The summed E-state index contributed by atoms with van der Waals surface area (Å²) in [5, 5.41) is 22.1. The van der Waals surface area contributed by atoms with Crippen molar-refractivity contribution in [2.75, 3.05) is 7.11 Å². The number of aromatic nitrogens is 3. The number of carboxylic acid groups (broad SMARTS) is 1. The number of benzene rings is 1. The van der Waals surface area contributed by atoms with Gasteiger partial charge in [-0.15, -0.1) is 11.3 Å². The van der Waals surface area contributed by atoms with Gasteiger partial charge in [-0.05, 0) is 30.6 Å². The number of hydrogen-bond acceptors (Lipinski definition) is 9. The molecule has 12 heteroatoms. The molecular weight excluding hydrogens is 411 g/mol. The maximum Gasteiger partial charge on any atom is 0.407 e. The van der Waals surface area contributed by atoms with Crippen LogP contribution in [0.5, 0.6) is 5.75 Å². The Bertz CT molecular complexity index is 1070. The molecule has 9 nitrogen and oxygen atoms in total. The van der Waals surface area contributed by atoms with Crippen molar-refractivity contribution in [1.29, 1.82) is 0 Å². The van der Waals surface area contributed by atoms with Crippen molar-refractivity contribution in [2.24, 2.45) is 0 Å². The van der Waals surface area contributed by atoms with Gasteiger partial charge in [0.25, 0.3) is 0 Å². The second-order valence-corrected chi connectivity index (χ2v) is 7.28. The summed E-state index contributed by atoms with van der Waals surface area (Å²) in [5.74, 6) is -2.51. The first kappa shape index (κ1) is 19.6. The molecule has 3 rings (SSSR count). The fourth-order valence-electron chi connectivity index (χ4n) is 2.28. The Balaban J connectivity index is 1.89. The number of carboxylic acids is 1. The van der Waals surface area contributed by atoms with E-state index in [2.05, 4.69) is 24.4 Å². The number of methoxy groups -OCH3 is 1. The monoisotopic (exact) mass is 424 g/mol. The molecule has 0 atom stereocenters. The third-order valence-corrected chi connectivity index (χ3v) is 5.49. The SMILES string of the molecule is COC(=O)NCc1nc(C)c(-c2nsc(-c3cc(O)c(C(=O)O)cc3F)n2)s1. The number of rotatable bonds is 5. The van der Waals surface area contributed by atoms with Gasteiger partial charge in [0.2, 0.25) is 0 Å². The number of aromatic carboxylic acids is 1. The van der Waals surface area contributed by atoms with Crippen molar-refractivity contribution in [3.8, 4) is 27.0 Å². The zero-order valence-corrected chi connectivity index (χ0v) is 16.2. The number of nitrogens with one attached hydrogen (secondary N) is 1. The number of thiazole rings is 1.